The molecule has 0 radical (unpaired) electrons. The second-order valence-corrected chi connectivity index (χ2v) is 10.9. The van der Waals surface area contributed by atoms with E-state index in [1.54, 1.807) is 0 Å². The molecule has 8 aromatic rings. The third-order valence-corrected chi connectivity index (χ3v) is 8.75. The Balaban J connectivity index is 1.33. The molecule has 2 heteroatoms. The van der Waals surface area contributed by atoms with Gasteiger partial charge in [0, 0.05) is 36.6 Å². The molecule has 1 nitrogen and oxygen atoms in total. The molecule has 0 fully saturated rings. The zero-order valence-electron chi connectivity index (χ0n) is 20.6. The maximum absolute atomic E-state index is 2.42. The fraction of sp³-hybridized carbons (Fsp3) is 0. The molecule has 6 aromatic carbocycles. The smallest absolute Gasteiger partial charge is 0.0541 e. The number of thiophene rings is 1. The van der Waals surface area contributed by atoms with Crippen molar-refractivity contribution in [3.05, 3.63) is 140 Å². The second-order valence-electron chi connectivity index (χ2n) is 9.81. The van der Waals surface area contributed by atoms with Crippen LogP contribution in [0.3, 0.4) is 0 Å². The fourth-order valence-corrected chi connectivity index (χ4v) is 6.88. The van der Waals surface area contributed by atoms with Gasteiger partial charge in [0.1, 0.15) is 0 Å². The van der Waals surface area contributed by atoms with Gasteiger partial charge < -0.3 is 4.57 Å². The van der Waals surface area contributed by atoms with Crippen LogP contribution < -0.4 is 0 Å². The predicted octanol–water partition coefficient (Wildman–Crippen LogP) is 10.5. The summed E-state index contributed by atoms with van der Waals surface area (Å²) in [6, 6.07) is 50.7. The second kappa shape index (κ2) is 8.44. The Bertz CT molecular complexity index is 2130. The largest absolute Gasteiger partial charge is 0.309 e. The summed E-state index contributed by atoms with van der Waals surface area (Å²) in [5.74, 6) is 0. The minimum atomic E-state index is 1.20. The van der Waals surface area contributed by atoms with E-state index in [1.807, 2.05) is 11.3 Å². The number of fused-ring (bicyclic) bond motifs is 6. The number of rotatable bonds is 3. The van der Waals surface area contributed by atoms with Gasteiger partial charge in [-0.25, -0.2) is 0 Å². The number of nitrogens with zero attached hydrogens (tertiary/aromatic N) is 1. The normalized spacial score (nSPS) is 11.7. The number of hydrogen-bond donors (Lipinski definition) is 0. The highest BCUT2D eigenvalue weighted by Crippen LogP contribution is 2.39. The molecule has 38 heavy (non-hydrogen) atoms. The van der Waals surface area contributed by atoms with Crippen molar-refractivity contribution in [3.8, 4) is 27.9 Å². The summed E-state index contributed by atoms with van der Waals surface area (Å²) in [4.78, 5) is 0. The molecule has 0 bridgehead atoms. The minimum Gasteiger partial charge on any atom is -0.309 e. The van der Waals surface area contributed by atoms with E-state index in [0.29, 0.717) is 0 Å². The molecular formula is C36H23NS. The van der Waals surface area contributed by atoms with Gasteiger partial charge in [0.05, 0.1) is 11.0 Å². The molecule has 0 spiro atoms. The van der Waals surface area contributed by atoms with Crippen LogP contribution in [0.4, 0.5) is 0 Å². The van der Waals surface area contributed by atoms with Crippen molar-refractivity contribution in [3.63, 3.8) is 0 Å². The SMILES string of the molecule is c1ccc(-c2cccc(-c3ccc4c(c3)c3ccccc3n4-c3ccc4sc5ccccc5c4c3)c2)cc1. The lowest BCUT2D eigenvalue weighted by molar-refractivity contribution is 1.19. The average molecular weight is 502 g/mol. The van der Waals surface area contributed by atoms with Crippen LogP contribution in [0.2, 0.25) is 0 Å². The van der Waals surface area contributed by atoms with Crippen LogP contribution >= 0.6 is 11.3 Å². The molecule has 0 unspecified atom stereocenters. The Morgan fingerprint density at radius 2 is 1.03 bits per heavy atom. The molecule has 0 aliphatic carbocycles. The molecule has 0 amide bonds. The summed E-state index contributed by atoms with van der Waals surface area (Å²) >= 11 is 1.86. The molecular weight excluding hydrogens is 478 g/mol. The van der Waals surface area contributed by atoms with Crippen molar-refractivity contribution in [2.24, 2.45) is 0 Å². The monoisotopic (exact) mass is 501 g/mol. The van der Waals surface area contributed by atoms with Gasteiger partial charge in [-0.3, -0.25) is 0 Å². The van der Waals surface area contributed by atoms with Crippen LogP contribution in [0.5, 0.6) is 0 Å². The molecule has 0 saturated heterocycles. The highest BCUT2D eigenvalue weighted by molar-refractivity contribution is 7.25. The summed E-state index contributed by atoms with van der Waals surface area (Å²) in [7, 11) is 0. The lowest BCUT2D eigenvalue weighted by Crippen LogP contribution is -1.93. The third-order valence-electron chi connectivity index (χ3n) is 7.59. The van der Waals surface area contributed by atoms with Crippen LogP contribution in [-0.2, 0) is 0 Å². The lowest BCUT2D eigenvalue weighted by Gasteiger charge is -2.09. The Morgan fingerprint density at radius 1 is 0.368 bits per heavy atom. The van der Waals surface area contributed by atoms with Crippen LogP contribution in [0.25, 0.3) is 69.9 Å². The highest BCUT2D eigenvalue weighted by Gasteiger charge is 2.15. The minimum absolute atomic E-state index is 1.20. The van der Waals surface area contributed by atoms with E-state index in [4.69, 9.17) is 0 Å². The molecule has 0 aliphatic heterocycles. The zero-order valence-corrected chi connectivity index (χ0v) is 21.5. The first kappa shape index (κ1) is 21.4. The summed E-state index contributed by atoms with van der Waals surface area (Å²) in [5.41, 5.74) is 8.61. The molecule has 0 atom stereocenters. The summed E-state index contributed by atoms with van der Waals surface area (Å²) < 4.78 is 5.08. The first-order valence-electron chi connectivity index (χ1n) is 12.9. The maximum Gasteiger partial charge on any atom is 0.0541 e. The number of hydrogen-bond acceptors (Lipinski definition) is 1. The number of aromatic nitrogens is 1. The topological polar surface area (TPSA) is 4.93 Å². The fourth-order valence-electron chi connectivity index (χ4n) is 5.79. The molecule has 2 heterocycles. The van der Waals surface area contributed by atoms with E-state index in [9.17, 15) is 0 Å². The van der Waals surface area contributed by atoms with E-state index >= 15 is 0 Å². The van der Waals surface area contributed by atoms with Crippen LogP contribution in [-0.4, -0.2) is 4.57 Å². The van der Waals surface area contributed by atoms with Crippen molar-refractivity contribution in [1.82, 2.24) is 4.57 Å². The number of para-hydroxylation sites is 1. The van der Waals surface area contributed by atoms with Crippen molar-refractivity contribution in [2.45, 2.75) is 0 Å². The standard InChI is InChI=1S/C36H23NS/c1-2-9-24(10-3-1)25-11-8-12-26(21-25)27-17-19-34-31(22-27)29-13-4-6-15-33(29)37(34)28-18-20-36-32(23-28)30-14-5-7-16-35(30)38-36/h1-23H. The molecule has 178 valence electrons. The van der Waals surface area contributed by atoms with E-state index in [1.165, 1.54) is 69.9 Å². The number of benzene rings is 6. The maximum atomic E-state index is 2.42. The van der Waals surface area contributed by atoms with E-state index in [0.717, 1.165) is 0 Å². The average Bonchev–Trinajstić information content (AvgIpc) is 3.52. The van der Waals surface area contributed by atoms with E-state index < -0.39 is 0 Å². The van der Waals surface area contributed by atoms with Crippen molar-refractivity contribution in [2.75, 3.05) is 0 Å². The van der Waals surface area contributed by atoms with Crippen molar-refractivity contribution in [1.29, 1.82) is 0 Å². The van der Waals surface area contributed by atoms with Crippen LogP contribution in [0, 0.1) is 0 Å². The van der Waals surface area contributed by atoms with Gasteiger partial charge >= 0.3 is 0 Å². The van der Waals surface area contributed by atoms with Gasteiger partial charge in [0.2, 0.25) is 0 Å². The Kier molecular flexibility index (Phi) is 4.76. The van der Waals surface area contributed by atoms with E-state index in [-0.39, 0.29) is 0 Å². The molecule has 0 N–H and O–H groups in total. The molecule has 0 saturated carbocycles. The van der Waals surface area contributed by atoms with Gasteiger partial charge in [0.15, 0.2) is 0 Å². The third kappa shape index (κ3) is 3.31. The quantitative estimate of drug-likeness (QED) is 0.227. The first-order valence-corrected chi connectivity index (χ1v) is 13.8. The molecule has 0 aliphatic rings. The van der Waals surface area contributed by atoms with Crippen molar-refractivity contribution >= 4 is 53.3 Å². The van der Waals surface area contributed by atoms with Gasteiger partial charge in [-0.2, -0.15) is 0 Å². The highest BCUT2D eigenvalue weighted by atomic mass is 32.1. The zero-order chi connectivity index (χ0) is 25.1. The van der Waals surface area contributed by atoms with E-state index in [2.05, 4.69) is 144 Å². The predicted molar refractivity (Wildman–Crippen MR) is 165 cm³/mol. The molecule has 8 rings (SSSR count). The van der Waals surface area contributed by atoms with Crippen LogP contribution in [0.15, 0.2) is 140 Å². The van der Waals surface area contributed by atoms with Crippen molar-refractivity contribution < 1.29 is 0 Å². The summed E-state index contributed by atoms with van der Waals surface area (Å²) in [6.07, 6.45) is 0. The van der Waals surface area contributed by atoms with Gasteiger partial charge in [-0.15, -0.1) is 11.3 Å². The van der Waals surface area contributed by atoms with Crippen LogP contribution in [0.1, 0.15) is 0 Å². The molecule has 2 aromatic heterocycles. The van der Waals surface area contributed by atoms with Gasteiger partial charge in [0.25, 0.3) is 0 Å². The Labute approximate surface area is 224 Å². The Morgan fingerprint density at radius 3 is 1.92 bits per heavy atom. The first-order chi connectivity index (χ1) is 18.8. The summed E-state index contributed by atoms with van der Waals surface area (Å²) in [6.45, 7) is 0. The Hall–Kier alpha value is -4.66. The lowest BCUT2D eigenvalue weighted by atomic mass is 9.98. The van der Waals surface area contributed by atoms with Gasteiger partial charge in [-0.05, 0) is 70.8 Å². The van der Waals surface area contributed by atoms with Gasteiger partial charge in [-0.1, -0.05) is 91.0 Å². The summed E-state index contributed by atoms with van der Waals surface area (Å²) in [5, 5.41) is 5.21.